The quantitative estimate of drug-likeness (QED) is 0.740. The van der Waals surface area contributed by atoms with Crippen molar-refractivity contribution in [1.29, 1.82) is 5.26 Å². The molecule has 1 aromatic heterocycles. The fraction of sp³-hybridized carbons (Fsp3) is 0.706. The van der Waals surface area contributed by atoms with Crippen LogP contribution < -0.4 is 0 Å². The molecule has 2 rings (SSSR count). The first-order valence-corrected chi connectivity index (χ1v) is 8.39. The van der Waals surface area contributed by atoms with Crippen molar-refractivity contribution in [2.75, 3.05) is 0 Å². The lowest BCUT2D eigenvalue weighted by Gasteiger charge is -2.36. The minimum atomic E-state index is -0.0821. The van der Waals surface area contributed by atoms with E-state index in [1.54, 1.807) is 0 Å². The van der Waals surface area contributed by atoms with Gasteiger partial charge in [-0.15, -0.1) is 11.3 Å². The molecule has 2 heteroatoms. The van der Waals surface area contributed by atoms with Crippen LogP contribution in [-0.4, -0.2) is 0 Å². The zero-order valence-corrected chi connectivity index (χ0v) is 13.2. The molecule has 1 saturated carbocycles. The third-order valence-corrected chi connectivity index (χ3v) is 5.98. The molecule has 0 aliphatic heterocycles. The van der Waals surface area contributed by atoms with E-state index >= 15 is 0 Å². The second kappa shape index (κ2) is 6.09. The van der Waals surface area contributed by atoms with E-state index < -0.39 is 0 Å². The summed E-state index contributed by atoms with van der Waals surface area (Å²) in [4.78, 5) is 2.85. The summed E-state index contributed by atoms with van der Waals surface area (Å²) in [6, 6.07) is 7.12. The van der Waals surface area contributed by atoms with Crippen molar-refractivity contribution in [3.8, 4) is 6.07 Å². The van der Waals surface area contributed by atoms with E-state index in [9.17, 15) is 5.26 Å². The molecule has 0 spiro atoms. The highest BCUT2D eigenvalue weighted by atomic mass is 32.1. The molecule has 104 valence electrons. The zero-order chi connectivity index (χ0) is 13.9. The standard InChI is InChI=1S/C17H25NS/c1-4-15-5-6-16(19-15)11-17(12-18)9-7-14(8-10-17)13(2)3/h5-6,13-14H,4,7-11H2,1-3H3. The molecule has 0 saturated heterocycles. The molecule has 1 aromatic rings. The maximum absolute atomic E-state index is 9.65. The molecular formula is C17H25NS. The molecule has 1 heterocycles. The Morgan fingerprint density at radius 1 is 1.32 bits per heavy atom. The Morgan fingerprint density at radius 2 is 1.95 bits per heavy atom. The van der Waals surface area contributed by atoms with Crippen molar-refractivity contribution in [3.05, 3.63) is 21.9 Å². The highest BCUT2D eigenvalue weighted by Crippen LogP contribution is 2.43. The fourth-order valence-corrected chi connectivity index (χ4v) is 4.33. The van der Waals surface area contributed by atoms with Gasteiger partial charge in [0.2, 0.25) is 0 Å². The summed E-state index contributed by atoms with van der Waals surface area (Å²) in [5.74, 6) is 1.60. The van der Waals surface area contributed by atoms with Gasteiger partial charge >= 0.3 is 0 Å². The van der Waals surface area contributed by atoms with Crippen LogP contribution in [0.1, 0.15) is 56.2 Å². The molecule has 1 aliphatic carbocycles. The highest BCUT2D eigenvalue weighted by Gasteiger charge is 2.36. The Bertz CT molecular complexity index is 444. The van der Waals surface area contributed by atoms with Gasteiger partial charge in [0.15, 0.2) is 0 Å². The second-order valence-electron chi connectivity index (χ2n) is 6.37. The number of hydrogen-bond donors (Lipinski definition) is 0. The van der Waals surface area contributed by atoms with Crippen LogP contribution in [0, 0.1) is 28.6 Å². The number of rotatable bonds is 4. The van der Waals surface area contributed by atoms with Gasteiger partial charge in [-0.05, 0) is 56.1 Å². The van der Waals surface area contributed by atoms with Gasteiger partial charge < -0.3 is 0 Å². The maximum Gasteiger partial charge on any atom is 0.0693 e. The van der Waals surface area contributed by atoms with Crippen LogP contribution >= 0.6 is 11.3 Å². The molecule has 0 N–H and O–H groups in total. The summed E-state index contributed by atoms with van der Waals surface area (Å²) in [7, 11) is 0. The molecule has 0 unspecified atom stereocenters. The van der Waals surface area contributed by atoms with Crippen LogP contribution in [0.15, 0.2) is 12.1 Å². The molecule has 1 fully saturated rings. The molecule has 19 heavy (non-hydrogen) atoms. The summed E-state index contributed by atoms with van der Waals surface area (Å²) < 4.78 is 0. The molecule has 1 nitrogen and oxygen atoms in total. The number of nitriles is 1. The third-order valence-electron chi connectivity index (χ3n) is 4.75. The minimum Gasteiger partial charge on any atom is -0.198 e. The molecular weight excluding hydrogens is 250 g/mol. The van der Waals surface area contributed by atoms with Crippen LogP contribution in [0.4, 0.5) is 0 Å². The predicted octanol–water partition coefficient (Wildman–Crippen LogP) is 5.21. The van der Waals surface area contributed by atoms with Crippen molar-refractivity contribution >= 4 is 11.3 Å². The second-order valence-corrected chi connectivity index (χ2v) is 7.62. The minimum absolute atomic E-state index is 0.0821. The summed E-state index contributed by atoms with van der Waals surface area (Å²) in [6.07, 6.45) is 6.73. The molecule has 0 atom stereocenters. The third kappa shape index (κ3) is 3.39. The van der Waals surface area contributed by atoms with Crippen LogP contribution in [0.3, 0.4) is 0 Å². The van der Waals surface area contributed by atoms with E-state index in [1.165, 1.54) is 22.6 Å². The van der Waals surface area contributed by atoms with Crippen LogP contribution in [0.25, 0.3) is 0 Å². The fourth-order valence-electron chi connectivity index (χ4n) is 3.23. The van der Waals surface area contributed by atoms with E-state index in [0.717, 1.165) is 37.5 Å². The van der Waals surface area contributed by atoms with E-state index in [2.05, 4.69) is 39.0 Å². The van der Waals surface area contributed by atoms with Crippen molar-refractivity contribution in [2.45, 2.75) is 59.3 Å². The lowest BCUT2D eigenvalue weighted by molar-refractivity contribution is 0.175. The first-order valence-electron chi connectivity index (χ1n) is 7.57. The van der Waals surface area contributed by atoms with Gasteiger partial charge in [-0.1, -0.05) is 20.8 Å². The van der Waals surface area contributed by atoms with Crippen molar-refractivity contribution in [1.82, 2.24) is 0 Å². The molecule has 0 radical (unpaired) electrons. The largest absolute Gasteiger partial charge is 0.198 e. The van der Waals surface area contributed by atoms with E-state index in [0.29, 0.717) is 0 Å². The number of hydrogen-bond acceptors (Lipinski definition) is 2. The summed E-state index contributed by atoms with van der Waals surface area (Å²) >= 11 is 1.90. The Hall–Kier alpha value is -0.810. The van der Waals surface area contributed by atoms with Gasteiger partial charge in [-0.2, -0.15) is 5.26 Å². The van der Waals surface area contributed by atoms with E-state index in [-0.39, 0.29) is 5.41 Å². The van der Waals surface area contributed by atoms with Crippen molar-refractivity contribution in [2.24, 2.45) is 17.3 Å². The average Bonchev–Trinajstić information content (AvgIpc) is 2.86. The maximum atomic E-state index is 9.65. The number of thiophene rings is 1. The van der Waals surface area contributed by atoms with Gasteiger partial charge in [0.05, 0.1) is 11.5 Å². The lowest BCUT2D eigenvalue weighted by atomic mass is 9.67. The van der Waals surface area contributed by atoms with E-state index in [4.69, 9.17) is 0 Å². The van der Waals surface area contributed by atoms with Crippen LogP contribution in [0.5, 0.6) is 0 Å². The lowest BCUT2D eigenvalue weighted by Crippen LogP contribution is -2.29. The summed E-state index contributed by atoms with van der Waals surface area (Å²) in [5.41, 5.74) is -0.0821. The van der Waals surface area contributed by atoms with Crippen LogP contribution in [-0.2, 0) is 12.8 Å². The summed E-state index contributed by atoms with van der Waals surface area (Å²) in [5, 5.41) is 9.65. The molecule has 1 aliphatic rings. The van der Waals surface area contributed by atoms with Gasteiger partial charge in [0.25, 0.3) is 0 Å². The zero-order valence-electron chi connectivity index (χ0n) is 12.4. The normalized spacial score (nSPS) is 27.4. The summed E-state index contributed by atoms with van der Waals surface area (Å²) in [6.45, 7) is 6.83. The van der Waals surface area contributed by atoms with Gasteiger partial charge in [0.1, 0.15) is 0 Å². The monoisotopic (exact) mass is 275 g/mol. The van der Waals surface area contributed by atoms with E-state index in [1.807, 2.05) is 11.3 Å². The molecule has 0 aromatic carbocycles. The van der Waals surface area contributed by atoms with Crippen molar-refractivity contribution < 1.29 is 0 Å². The Balaban J connectivity index is 2.02. The van der Waals surface area contributed by atoms with Gasteiger partial charge in [0, 0.05) is 16.2 Å². The van der Waals surface area contributed by atoms with Crippen LogP contribution in [0.2, 0.25) is 0 Å². The Morgan fingerprint density at radius 3 is 2.42 bits per heavy atom. The molecule has 0 bridgehead atoms. The number of nitrogens with zero attached hydrogens (tertiary/aromatic N) is 1. The molecule has 0 amide bonds. The van der Waals surface area contributed by atoms with Gasteiger partial charge in [-0.3, -0.25) is 0 Å². The first kappa shape index (κ1) is 14.6. The van der Waals surface area contributed by atoms with Gasteiger partial charge in [-0.25, -0.2) is 0 Å². The number of aryl methyl sites for hydroxylation is 1. The van der Waals surface area contributed by atoms with Crippen molar-refractivity contribution in [3.63, 3.8) is 0 Å². The first-order chi connectivity index (χ1) is 9.08. The topological polar surface area (TPSA) is 23.8 Å². The SMILES string of the molecule is CCc1ccc(CC2(C#N)CCC(C(C)C)CC2)s1. The Labute approximate surface area is 121 Å². The highest BCUT2D eigenvalue weighted by molar-refractivity contribution is 7.11. The smallest absolute Gasteiger partial charge is 0.0693 e. The Kier molecular flexibility index (Phi) is 4.68. The average molecular weight is 275 g/mol. The predicted molar refractivity (Wildman–Crippen MR) is 82.2 cm³/mol.